The standard InChI is InChI=1S/C27H36O4S2/c1-3-5-17-32-27(33-18-6-4-2)24-23-22(29-26(31-24)21-15-11-8-12-16-21)19-28-25(30-23)20-13-9-7-10-14-20/h7-16,22-27H,3-6,17-19H2,1-2H3/t22-,23-,24-,25-,26-/m1/s1. The highest BCUT2D eigenvalue weighted by molar-refractivity contribution is 8.17. The molecule has 2 aromatic rings. The summed E-state index contributed by atoms with van der Waals surface area (Å²) in [6.45, 7) is 5.00. The second kappa shape index (κ2) is 13.2. The van der Waals surface area contributed by atoms with Crippen LogP contribution in [0.25, 0.3) is 0 Å². The van der Waals surface area contributed by atoms with E-state index in [1.165, 1.54) is 25.7 Å². The fourth-order valence-electron chi connectivity index (χ4n) is 4.06. The molecule has 2 fully saturated rings. The first-order chi connectivity index (χ1) is 16.3. The second-order valence-electron chi connectivity index (χ2n) is 8.51. The summed E-state index contributed by atoms with van der Waals surface area (Å²) in [5, 5.41) is 0. The lowest BCUT2D eigenvalue weighted by Gasteiger charge is -2.48. The molecule has 2 aliphatic heterocycles. The minimum Gasteiger partial charge on any atom is -0.346 e. The molecule has 2 aromatic carbocycles. The van der Waals surface area contributed by atoms with Crippen LogP contribution in [0.5, 0.6) is 0 Å². The smallest absolute Gasteiger partial charge is 0.184 e. The van der Waals surface area contributed by atoms with E-state index in [1.807, 2.05) is 59.9 Å². The van der Waals surface area contributed by atoms with Gasteiger partial charge in [-0.2, -0.15) is 0 Å². The molecule has 0 N–H and O–H groups in total. The largest absolute Gasteiger partial charge is 0.346 e. The van der Waals surface area contributed by atoms with Crippen molar-refractivity contribution in [3.8, 4) is 0 Å². The molecule has 2 heterocycles. The predicted molar refractivity (Wildman–Crippen MR) is 137 cm³/mol. The lowest BCUT2D eigenvalue weighted by molar-refractivity contribution is -0.361. The third-order valence-electron chi connectivity index (χ3n) is 5.93. The third-order valence-corrected chi connectivity index (χ3v) is 8.99. The summed E-state index contributed by atoms with van der Waals surface area (Å²) in [5.41, 5.74) is 2.08. The van der Waals surface area contributed by atoms with Gasteiger partial charge in [0.05, 0.1) is 11.2 Å². The van der Waals surface area contributed by atoms with Crippen LogP contribution in [0, 0.1) is 0 Å². The molecule has 4 rings (SSSR count). The lowest BCUT2D eigenvalue weighted by atomic mass is 10.0. The van der Waals surface area contributed by atoms with Crippen LogP contribution in [-0.2, 0) is 18.9 Å². The first-order valence-corrected chi connectivity index (χ1v) is 14.3. The van der Waals surface area contributed by atoms with Crippen LogP contribution in [0.1, 0.15) is 63.2 Å². The summed E-state index contributed by atoms with van der Waals surface area (Å²) in [7, 11) is 0. The Labute approximate surface area is 207 Å². The summed E-state index contributed by atoms with van der Waals surface area (Å²) in [5.74, 6) is 2.26. The maximum Gasteiger partial charge on any atom is 0.184 e. The van der Waals surface area contributed by atoms with Crippen LogP contribution < -0.4 is 0 Å². The molecule has 33 heavy (non-hydrogen) atoms. The van der Waals surface area contributed by atoms with E-state index < -0.39 is 12.6 Å². The zero-order valence-electron chi connectivity index (χ0n) is 19.6. The van der Waals surface area contributed by atoms with Crippen LogP contribution in [0.3, 0.4) is 0 Å². The Morgan fingerprint density at radius 2 is 1.33 bits per heavy atom. The first-order valence-electron chi connectivity index (χ1n) is 12.2. The van der Waals surface area contributed by atoms with Crippen LogP contribution in [0.2, 0.25) is 0 Å². The van der Waals surface area contributed by atoms with Gasteiger partial charge < -0.3 is 18.9 Å². The first kappa shape index (κ1) is 25.1. The summed E-state index contributed by atoms with van der Waals surface area (Å²) >= 11 is 4.03. The van der Waals surface area contributed by atoms with Crippen molar-refractivity contribution in [1.82, 2.24) is 0 Å². The van der Waals surface area contributed by atoms with Gasteiger partial charge in [0.15, 0.2) is 12.6 Å². The molecule has 0 unspecified atom stereocenters. The van der Waals surface area contributed by atoms with Crippen LogP contribution >= 0.6 is 23.5 Å². The number of fused-ring (bicyclic) bond motifs is 1. The molecule has 0 radical (unpaired) electrons. The molecule has 180 valence electrons. The maximum atomic E-state index is 6.71. The number of hydrogen-bond donors (Lipinski definition) is 0. The molecular weight excluding hydrogens is 452 g/mol. The molecular formula is C27H36O4S2. The van der Waals surface area contributed by atoms with Crippen molar-refractivity contribution in [2.45, 2.75) is 75.0 Å². The van der Waals surface area contributed by atoms with Crippen molar-refractivity contribution < 1.29 is 18.9 Å². The summed E-state index contributed by atoms with van der Waals surface area (Å²) in [6, 6.07) is 20.4. The van der Waals surface area contributed by atoms with E-state index in [1.54, 1.807) is 0 Å². The molecule has 2 aliphatic rings. The number of benzene rings is 2. The number of rotatable bonds is 11. The number of hydrogen-bond acceptors (Lipinski definition) is 6. The summed E-state index contributed by atoms with van der Waals surface area (Å²) < 4.78 is 26.1. The van der Waals surface area contributed by atoms with Crippen molar-refractivity contribution >= 4 is 23.5 Å². The monoisotopic (exact) mass is 488 g/mol. The molecule has 0 spiro atoms. The van der Waals surface area contributed by atoms with E-state index in [9.17, 15) is 0 Å². The van der Waals surface area contributed by atoms with Gasteiger partial charge in [-0.3, -0.25) is 0 Å². The average molecular weight is 489 g/mol. The predicted octanol–water partition coefficient (Wildman–Crippen LogP) is 6.98. The van der Waals surface area contributed by atoms with Crippen molar-refractivity contribution in [1.29, 1.82) is 0 Å². The van der Waals surface area contributed by atoms with Crippen LogP contribution in [0.4, 0.5) is 0 Å². The topological polar surface area (TPSA) is 36.9 Å². The van der Waals surface area contributed by atoms with Crippen LogP contribution in [-0.4, -0.2) is 41.0 Å². The minimum absolute atomic E-state index is 0.0761. The Kier molecular flexibility index (Phi) is 10.0. The Morgan fingerprint density at radius 1 is 0.758 bits per heavy atom. The Hall–Kier alpha value is -1.02. The molecule has 2 saturated heterocycles. The SMILES string of the molecule is CCCCSC(SCCCC)[C@@H]1O[C@H](c2ccccc2)O[C@@H]2CO[C@@H](c3ccccc3)O[C@H]21. The number of thioether (sulfide) groups is 2. The van der Waals surface area contributed by atoms with Gasteiger partial charge >= 0.3 is 0 Å². The average Bonchev–Trinajstić information content (AvgIpc) is 2.88. The van der Waals surface area contributed by atoms with Gasteiger partial charge in [-0.25, -0.2) is 0 Å². The third kappa shape index (κ3) is 6.77. The highest BCUT2D eigenvalue weighted by Gasteiger charge is 2.48. The summed E-state index contributed by atoms with van der Waals surface area (Å²) in [4.78, 5) is 0. The normalized spacial score (nSPS) is 27.4. The quantitative estimate of drug-likeness (QED) is 0.251. The zero-order chi connectivity index (χ0) is 22.9. The van der Waals surface area contributed by atoms with E-state index in [2.05, 4.69) is 38.1 Å². The molecule has 0 aliphatic carbocycles. The van der Waals surface area contributed by atoms with Gasteiger partial charge in [0.1, 0.15) is 18.3 Å². The zero-order valence-corrected chi connectivity index (χ0v) is 21.3. The summed E-state index contributed by atoms with van der Waals surface area (Å²) in [6.07, 6.45) is 3.63. The Balaban J connectivity index is 1.57. The van der Waals surface area contributed by atoms with Gasteiger partial charge in [0.2, 0.25) is 0 Å². The fraction of sp³-hybridized carbons (Fsp3) is 0.556. The van der Waals surface area contributed by atoms with E-state index in [0.29, 0.717) is 11.2 Å². The molecule has 6 heteroatoms. The second-order valence-corrected chi connectivity index (χ2v) is 11.3. The minimum atomic E-state index is -0.404. The molecule has 5 atom stereocenters. The van der Waals surface area contributed by atoms with Crippen molar-refractivity contribution in [3.05, 3.63) is 71.8 Å². The van der Waals surface area contributed by atoms with Crippen molar-refractivity contribution in [2.24, 2.45) is 0 Å². The maximum absolute atomic E-state index is 6.71. The van der Waals surface area contributed by atoms with E-state index in [-0.39, 0.29) is 18.3 Å². The Morgan fingerprint density at radius 3 is 1.91 bits per heavy atom. The molecule has 4 nitrogen and oxygen atoms in total. The lowest BCUT2D eigenvalue weighted by Crippen LogP contribution is -2.56. The van der Waals surface area contributed by atoms with Crippen molar-refractivity contribution in [3.63, 3.8) is 0 Å². The molecule has 0 aromatic heterocycles. The number of unbranched alkanes of at least 4 members (excludes halogenated alkanes) is 2. The van der Waals surface area contributed by atoms with Gasteiger partial charge in [-0.15, -0.1) is 23.5 Å². The van der Waals surface area contributed by atoms with Gasteiger partial charge in [-0.05, 0) is 24.3 Å². The fourth-order valence-corrected chi connectivity index (χ4v) is 7.22. The van der Waals surface area contributed by atoms with Gasteiger partial charge in [-0.1, -0.05) is 87.4 Å². The van der Waals surface area contributed by atoms with E-state index in [0.717, 1.165) is 22.6 Å². The van der Waals surface area contributed by atoms with Gasteiger partial charge in [0.25, 0.3) is 0 Å². The highest BCUT2D eigenvalue weighted by atomic mass is 32.2. The van der Waals surface area contributed by atoms with Crippen LogP contribution in [0.15, 0.2) is 60.7 Å². The van der Waals surface area contributed by atoms with Gasteiger partial charge in [0, 0.05) is 11.1 Å². The number of ether oxygens (including phenoxy) is 4. The van der Waals surface area contributed by atoms with E-state index >= 15 is 0 Å². The molecule has 0 amide bonds. The molecule has 0 bridgehead atoms. The molecule has 0 saturated carbocycles. The Bertz CT molecular complexity index is 796. The van der Waals surface area contributed by atoms with Crippen molar-refractivity contribution in [2.75, 3.05) is 18.1 Å². The van der Waals surface area contributed by atoms with E-state index in [4.69, 9.17) is 18.9 Å². The highest BCUT2D eigenvalue weighted by Crippen LogP contribution is 2.43.